The predicted molar refractivity (Wildman–Crippen MR) is 80.1 cm³/mol. The zero-order chi connectivity index (χ0) is 14.8. The molecule has 4 nitrogen and oxygen atoms in total. The van der Waals surface area contributed by atoms with Crippen molar-refractivity contribution in [2.24, 2.45) is 0 Å². The van der Waals surface area contributed by atoms with Gasteiger partial charge in [0, 0.05) is 0 Å². The number of carbonyl (C=O) groups is 1. The van der Waals surface area contributed by atoms with E-state index in [1.165, 1.54) is 0 Å². The molecule has 2 aromatic rings. The van der Waals surface area contributed by atoms with Gasteiger partial charge in [0.1, 0.15) is 5.75 Å². The maximum Gasteiger partial charge on any atom is 0.268 e. The molecule has 0 radical (unpaired) electrons. The van der Waals surface area contributed by atoms with E-state index in [0.29, 0.717) is 18.0 Å². The lowest BCUT2D eigenvalue weighted by molar-refractivity contribution is -0.125. The highest BCUT2D eigenvalue weighted by Gasteiger charge is 2.31. The smallest absolute Gasteiger partial charge is 0.268 e. The Morgan fingerprint density at radius 3 is 2.62 bits per heavy atom. The SMILES string of the molecule is CC1Oc2ccc(CO)cc2N(Cc2ccccc2)C1=O. The molecule has 0 fully saturated rings. The van der Waals surface area contributed by atoms with Crippen LogP contribution in [0.4, 0.5) is 5.69 Å². The summed E-state index contributed by atoms with van der Waals surface area (Å²) in [6.45, 7) is 2.19. The van der Waals surface area contributed by atoms with Crippen LogP contribution in [0, 0.1) is 0 Å². The van der Waals surface area contributed by atoms with Crippen LogP contribution in [0.25, 0.3) is 0 Å². The molecule has 0 saturated heterocycles. The minimum Gasteiger partial charge on any atom is -0.479 e. The second kappa shape index (κ2) is 5.58. The highest BCUT2D eigenvalue weighted by molar-refractivity contribution is 5.99. The van der Waals surface area contributed by atoms with Crippen molar-refractivity contribution in [1.29, 1.82) is 0 Å². The second-order valence-corrected chi connectivity index (χ2v) is 5.13. The van der Waals surface area contributed by atoms with Gasteiger partial charge >= 0.3 is 0 Å². The molecule has 4 heteroatoms. The zero-order valence-electron chi connectivity index (χ0n) is 11.8. The van der Waals surface area contributed by atoms with Crippen LogP contribution in [0.1, 0.15) is 18.1 Å². The molecule has 1 unspecified atom stereocenters. The van der Waals surface area contributed by atoms with Gasteiger partial charge in [0.2, 0.25) is 0 Å². The summed E-state index contributed by atoms with van der Waals surface area (Å²) >= 11 is 0. The van der Waals surface area contributed by atoms with Gasteiger partial charge < -0.3 is 14.7 Å². The van der Waals surface area contributed by atoms with Crippen molar-refractivity contribution in [2.45, 2.75) is 26.2 Å². The Bertz CT molecular complexity index is 654. The van der Waals surface area contributed by atoms with Crippen LogP contribution in [0.3, 0.4) is 0 Å². The van der Waals surface area contributed by atoms with E-state index in [2.05, 4.69) is 0 Å². The lowest BCUT2D eigenvalue weighted by Crippen LogP contribution is -2.44. The molecule has 3 rings (SSSR count). The number of rotatable bonds is 3. The molecule has 1 aliphatic heterocycles. The third-order valence-electron chi connectivity index (χ3n) is 3.60. The van der Waals surface area contributed by atoms with Crippen molar-refractivity contribution in [2.75, 3.05) is 4.90 Å². The van der Waals surface area contributed by atoms with E-state index in [0.717, 1.165) is 11.1 Å². The molecule has 0 bridgehead atoms. The van der Waals surface area contributed by atoms with Crippen LogP contribution in [0.2, 0.25) is 0 Å². The van der Waals surface area contributed by atoms with Gasteiger partial charge in [-0.1, -0.05) is 36.4 Å². The average Bonchev–Trinajstić information content (AvgIpc) is 2.52. The van der Waals surface area contributed by atoms with E-state index >= 15 is 0 Å². The minimum atomic E-state index is -0.499. The highest BCUT2D eigenvalue weighted by atomic mass is 16.5. The summed E-state index contributed by atoms with van der Waals surface area (Å²) < 4.78 is 5.64. The van der Waals surface area contributed by atoms with Crippen molar-refractivity contribution < 1.29 is 14.6 Å². The molecule has 0 aliphatic carbocycles. The van der Waals surface area contributed by atoms with Gasteiger partial charge in [-0.15, -0.1) is 0 Å². The molecule has 1 amide bonds. The fourth-order valence-electron chi connectivity index (χ4n) is 2.48. The summed E-state index contributed by atoms with van der Waals surface area (Å²) in [5.74, 6) is 0.608. The summed E-state index contributed by atoms with van der Waals surface area (Å²) in [7, 11) is 0. The molecule has 21 heavy (non-hydrogen) atoms. The number of hydrogen-bond acceptors (Lipinski definition) is 3. The van der Waals surface area contributed by atoms with Gasteiger partial charge in [0.25, 0.3) is 5.91 Å². The third kappa shape index (κ3) is 2.62. The third-order valence-corrected chi connectivity index (χ3v) is 3.60. The second-order valence-electron chi connectivity index (χ2n) is 5.13. The Labute approximate surface area is 123 Å². The molecule has 2 aromatic carbocycles. The quantitative estimate of drug-likeness (QED) is 0.941. The molecule has 1 aliphatic rings. The molecule has 1 atom stereocenters. The fraction of sp³-hybridized carbons (Fsp3) is 0.235. The maximum atomic E-state index is 12.4. The van der Waals surface area contributed by atoms with Gasteiger partial charge in [0.15, 0.2) is 6.10 Å². The van der Waals surface area contributed by atoms with Crippen LogP contribution >= 0.6 is 0 Å². The normalized spacial score (nSPS) is 17.3. The molecule has 1 heterocycles. The number of amides is 1. The first-order chi connectivity index (χ1) is 10.2. The molecule has 0 aromatic heterocycles. The number of ether oxygens (including phenoxy) is 1. The van der Waals surface area contributed by atoms with Gasteiger partial charge in [-0.2, -0.15) is 0 Å². The summed E-state index contributed by atoms with van der Waals surface area (Å²) in [4.78, 5) is 14.2. The number of anilines is 1. The van der Waals surface area contributed by atoms with Crippen LogP contribution in [0.5, 0.6) is 5.75 Å². The van der Waals surface area contributed by atoms with E-state index in [-0.39, 0.29) is 12.5 Å². The first-order valence-electron chi connectivity index (χ1n) is 6.95. The summed E-state index contributed by atoms with van der Waals surface area (Å²) in [6.07, 6.45) is -0.499. The average molecular weight is 283 g/mol. The molecular weight excluding hydrogens is 266 g/mol. The van der Waals surface area contributed by atoms with Crippen molar-refractivity contribution in [3.8, 4) is 5.75 Å². The van der Waals surface area contributed by atoms with Crippen molar-refractivity contribution in [3.63, 3.8) is 0 Å². The Hall–Kier alpha value is -2.33. The van der Waals surface area contributed by atoms with E-state index in [1.54, 1.807) is 11.8 Å². The lowest BCUT2D eigenvalue weighted by Gasteiger charge is -2.33. The number of benzene rings is 2. The van der Waals surface area contributed by atoms with Gasteiger partial charge in [-0.3, -0.25) is 4.79 Å². The summed E-state index contributed by atoms with van der Waals surface area (Å²) in [6, 6.07) is 15.3. The Kier molecular flexibility index (Phi) is 3.62. The number of nitrogens with zero attached hydrogens (tertiary/aromatic N) is 1. The number of aliphatic hydroxyl groups excluding tert-OH is 1. The molecular formula is C17H17NO3. The monoisotopic (exact) mass is 283 g/mol. The molecule has 0 spiro atoms. The number of fused-ring (bicyclic) bond motifs is 1. The summed E-state index contributed by atoms with van der Waals surface area (Å²) in [5.41, 5.74) is 2.53. The van der Waals surface area contributed by atoms with E-state index < -0.39 is 6.10 Å². The Morgan fingerprint density at radius 2 is 1.90 bits per heavy atom. The zero-order valence-corrected chi connectivity index (χ0v) is 11.8. The van der Waals surface area contributed by atoms with Crippen LogP contribution < -0.4 is 9.64 Å². The number of carbonyl (C=O) groups excluding carboxylic acids is 1. The number of aliphatic hydroxyl groups is 1. The van der Waals surface area contributed by atoms with Crippen molar-refractivity contribution in [1.82, 2.24) is 0 Å². The molecule has 108 valence electrons. The number of hydrogen-bond donors (Lipinski definition) is 1. The van der Waals surface area contributed by atoms with Crippen LogP contribution in [-0.2, 0) is 17.9 Å². The minimum absolute atomic E-state index is 0.0593. The van der Waals surface area contributed by atoms with E-state index in [4.69, 9.17) is 4.74 Å². The largest absolute Gasteiger partial charge is 0.479 e. The summed E-state index contributed by atoms with van der Waals surface area (Å²) in [5, 5.41) is 9.29. The molecule has 0 saturated carbocycles. The Balaban J connectivity index is 2.00. The topological polar surface area (TPSA) is 49.8 Å². The first-order valence-corrected chi connectivity index (χ1v) is 6.95. The van der Waals surface area contributed by atoms with Gasteiger partial charge in [-0.05, 0) is 30.2 Å². The molecule has 1 N–H and O–H groups in total. The predicted octanol–water partition coefficient (Wildman–Crippen LogP) is 2.49. The Morgan fingerprint density at radius 1 is 1.14 bits per heavy atom. The fourth-order valence-corrected chi connectivity index (χ4v) is 2.48. The standard InChI is InChI=1S/C17H17NO3/c1-12-17(20)18(10-13-5-3-2-4-6-13)15-9-14(11-19)7-8-16(15)21-12/h2-9,12,19H,10-11H2,1H3. The van der Waals surface area contributed by atoms with Gasteiger partial charge in [0.05, 0.1) is 18.8 Å². The van der Waals surface area contributed by atoms with Crippen molar-refractivity contribution in [3.05, 3.63) is 59.7 Å². The van der Waals surface area contributed by atoms with Crippen molar-refractivity contribution >= 4 is 11.6 Å². The van der Waals surface area contributed by atoms with Crippen LogP contribution in [0.15, 0.2) is 48.5 Å². The van der Waals surface area contributed by atoms with Gasteiger partial charge in [-0.25, -0.2) is 0 Å². The first kappa shape index (κ1) is 13.6. The highest BCUT2D eigenvalue weighted by Crippen LogP contribution is 2.35. The van der Waals surface area contributed by atoms with Crippen LogP contribution in [-0.4, -0.2) is 17.1 Å². The van der Waals surface area contributed by atoms with E-state index in [1.807, 2.05) is 48.5 Å². The lowest BCUT2D eigenvalue weighted by atomic mass is 10.1. The maximum absolute atomic E-state index is 12.4. The van der Waals surface area contributed by atoms with E-state index in [9.17, 15) is 9.90 Å².